The molecule has 1 amide bonds. The van der Waals surface area contributed by atoms with Crippen LogP contribution < -0.4 is 14.9 Å². The number of nitrogens with one attached hydrogen (secondary N) is 2. The molecule has 74 heavy (non-hydrogen) atoms. The summed E-state index contributed by atoms with van der Waals surface area (Å²) in [5.41, 5.74) is -4.01. The van der Waals surface area contributed by atoms with Crippen LogP contribution in [0.1, 0.15) is 62.1 Å². The first-order valence-corrected chi connectivity index (χ1v) is 29.6. The molecule has 2 saturated heterocycles. The van der Waals surface area contributed by atoms with Crippen LogP contribution in [-0.4, -0.2) is 107 Å². The lowest BCUT2D eigenvalue weighted by Gasteiger charge is -2.41. The zero-order chi connectivity index (χ0) is 53.5. The van der Waals surface area contributed by atoms with E-state index in [0.29, 0.717) is 87.7 Å². The Morgan fingerprint density at radius 2 is 1.50 bits per heavy atom. The van der Waals surface area contributed by atoms with Gasteiger partial charge in [0.1, 0.15) is 4.90 Å². The van der Waals surface area contributed by atoms with Gasteiger partial charge < -0.3 is 29.5 Å². The number of rotatable bonds is 20. The van der Waals surface area contributed by atoms with Crippen molar-refractivity contribution in [2.75, 3.05) is 61.9 Å². The topological polar surface area (TPSA) is 201 Å². The molecule has 4 N–H and O–H groups in total. The summed E-state index contributed by atoms with van der Waals surface area (Å²) in [6.07, 6.45) is -0.477. The molecule has 5 aromatic carbocycles. The fourth-order valence-corrected chi connectivity index (χ4v) is 12.4. The highest BCUT2D eigenvalue weighted by Gasteiger charge is 2.49. The SMILES string of the molecule is CC(C)(C)C(OC(c1ccccc1-c1ccc(Cl)cc1)C1CCN(c2ccc(C(=O)NS(=O)(=O)c3ccc(NC(CCN4CCOCC4)CSc4ccccc4)c(S(=O)(=O)C(F)(F)F)c3)cc2)CC1)OP(=O)(O)O. The summed E-state index contributed by atoms with van der Waals surface area (Å²) >= 11 is 7.64. The van der Waals surface area contributed by atoms with Crippen LogP contribution in [0.5, 0.6) is 0 Å². The Bertz CT molecular complexity index is 2970. The largest absolute Gasteiger partial charge is 0.501 e. The van der Waals surface area contributed by atoms with Gasteiger partial charge in [-0.05, 0) is 109 Å². The average Bonchev–Trinajstić information content (AvgIpc) is 3.36. The zero-order valence-corrected chi connectivity index (χ0v) is 44.9. The van der Waals surface area contributed by atoms with E-state index >= 15 is 0 Å². The van der Waals surface area contributed by atoms with Gasteiger partial charge in [-0.15, -0.1) is 11.8 Å². The molecule has 0 aromatic heterocycles. The van der Waals surface area contributed by atoms with Crippen molar-refractivity contribution in [3.8, 4) is 11.1 Å². The molecular weight excluding hydrogens is 1060 g/mol. The van der Waals surface area contributed by atoms with Crippen molar-refractivity contribution in [1.29, 1.82) is 0 Å². The molecule has 23 heteroatoms. The molecule has 2 aliphatic rings. The second kappa shape index (κ2) is 24.2. The molecule has 0 aliphatic carbocycles. The summed E-state index contributed by atoms with van der Waals surface area (Å²) in [5, 5.41) is 3.53. The van der Waals surface area contributed by atoms with Gasteiger partial charge in [-0.25, -0.2) is 26.1 Å². The Morgan fingerprint density at radius 3 is 2.12 bits per heavy atom. The number of ether oxygens (including phenoxy) is 2. The molecule has 400 valence electrons. The van der Waals surface area contributed by atoms with Crippen molar-refractivity contribution in [3.05, 3.63) is 137 Å². The highest BCUT2D eigenvalue weighted by molar-refractivity contribution is 7.99. The minimum Gasteiger partial charge on any atom is -0.380 e. The Balaban J connectivity index is 1.07. The summed E-state index contributed by atoms with van der Waals surface area (Å²) in [4.78, 5) is 36.2. The van der Waals surface area contributed by atoms with E-state index in [0.717, 1.165) is 33.7 Å². The summed E-state index contributed by atoms with van der Waals surface area (Å²) < 4.78 is 128. The number of phosphoric acid groups is 1. The normalized spacial score (nSPS) is 16.9. The third kappa shape index (κ3) is 15.1. The van der Waals surface area contributed by atoms with Crippen LogP contribution in [0.3, 0.4) is 0 Å². The van der Waals surface area contributed by atoms with E-state index in [-0.39, 0.29) is 11.5 Å². The Labute approximate surface area is 439 Å². The molecule has 0 spiro atoms. The van der Waals surface area contributed by atoms with Crippen molar-refractivity contribution < 1.29 is 63.2 Å². The number of nitrogens with zero attached hydrogens (tertiary/aromatic N) is 2. The van der Waals surface area contributed by atoms with Crippen molar-refractivity contribution in [1.82, 2.24) is 9.62 Å². The first-order chi connectivity index (χ1) is 34.9. The van der Waals surface area contributed by atoms with E-state index in [2.05, 4.69) is 15.1 Å². The molecule has 0 bridgehead atoms. The lowest BCUT2D eigenvalue weighted by Crippen LogP contribution is -2.39. The van der Waals surface area contributed by atoms with E-state index in [4.69, 9.17) is 25.6 Å². The molecule has 3 atom stereocenters. The Hall–Kier alpha value is -4.51. The predicted octanol–water partition coefficient (Wildman–Crippen LogP) is 10.2. The molecule has 15 nitrogen and oxygen atoms in total. The summed E-state index contributed by atoms with van der Waals surface area (Å²) in [6, 6.07) is 32.0. The summed E-state index contributed by atoms with van der Waals surface area (Å²) in [5.74, 6) is -0.942. The molecular formula is C51H59ClF3N4O11PS3. The van der Waals surface area contributed by atoms with E-state index < -0.39 is 78.4 Å². The van der Waals surface area contributed by atoms with Gasteiger partial charge in [-0.2, -0.15) is 13.2 Å². The van der Waals surface area contributed by atoms with Crippen LogP contribution in [0, 0.1) is 11.3 Å². The summed E-state index contributed by atoms with van der Waals surface area (Å²) in [7, 11) is -16.0. The van der Waals surface area contributed by atoms with Gasteiger partial charge in [-0.3, -0.25) is 14.2 Å². The quantitative estimate of drug-likeness (QED) is 0.0326. The maximum absolute atomic E-state index is 14.3. The minimum atomic E-state index is -6.11. The number of amides is 1. The number of thioether (sulfide) groups is 1. The first-order valence-electron chi connectivity index (χ1n) is 23.7. The number of benzene rings is 5. The van der Waals surface area contributed by atoms with E-state index in [9.17, 15) is 49.2 Å². The van der Waals surface area contributed by atoms with Gasteiger partial charge in [0.15, 0.2) is 6.29 Å². The van der Waals surface area contributed by atoms with Crippen LogP contribution in [0.25, 0.3) is 11.1 Å². The van der Waals surface area contributed by atoms with Crippen LogP contribution in [-0.2, 0) is 38.4 Å². The number of sulfonamides is 1. The van der Waals surface area contributed by atoms with Gasteiger partial charge >= 0.3 is 13.3 Å². The van der Waals surface area contributed by atoms with Crippen LogP contribution in [0.15, 0.2) is 136 Å². The van der Waals surface area contributed by atoms with Crippen LogP contribution in [0.4, 0.5) is 24.5 Å². The Kier molecular flexibility index (Phi) is 18.7. The number of alkyl halides is 3. The second-order valence-corrected chi connectivity index (χ2v) is 25.4. The number of hydrogen-bond acceptors (Lipinski definition) is 13. The standard InChI is InChI=1S/C51H59ClF3N4O11PS3/c1-50(2,3)49(70-71(61,62)63)69-47(44-12-8-7-11-43(44)35-13-17-38(52)18-14-35)36-23-27-59(28-24-36)40-19-15-37(16-20-40)48(60)57-74(66,67)42-21-22-45(46(33-42)73(64,65)51(53,54)55)56-39(25-26-58-29-31-68-32-30-58)34-72-41-9-5-4-6-10-41/h4-22,33,36,39,47,49,56H,23-32,34H2,1-3H3,(H,57,60)(H2,61,62,63). The third-order valence-electron chi connectivity index (χ3n) is 12.6. The van der Waals surface area contributed by atoms with E-state index in [1.807, 2.05) is 71.5 Å². The van der Waals surface area contributed by atoms with Crippen LogP contribution >= 0.6 is 31.2 Å². The molecule has 7 rings (SSSR count). The summed E-state index contributed by atoms with van der Waals surface area (Å²) in [6.45, 7) is 9.12. The Morgan fingerprint density at radius 1 is 0.865 bits per heavy atom. The van der Waals surface area contributed by atoms with Crippen molar-refractivity contribution in [2.45, 2.75) is 78.7 Å². The molecule has 2 fully saturated rings. The van der Waals surface area contributed by atoms with Crippen molar-refractivity contribution >= 4 is 68.3 Å². The number of piperidine rings is 1. The number of morpholine rings is 1. The van der Waals surface area contributed by atoms with Gasteiger partial charge in [0.2, 0.25) is 0 Å². The molecule has 0 radical (unpaired) electrons. The number of carbonyl (C=O) groups excluding carboxylic acids is 1. The third-order valence-corrected chi connectivity index (χ3v) is 17.4. The monoisotopic (exact) mass is 1120 g/mol. The smallest absolute Gasteiger partial charge is 0.380 e. The number of halogens is 4. The highest BCUT2D eigenvalue weighted by Crippen LogP contribution is 2.47. The average molecular weight is 1120 g/mol. The minimum absolute atomic E-state index is 0.0989. The van der Waals surface area contributed by atoms with Crippen molar-refractivity contribution in [3.63, 3.8) is 0 Å². The van der Waals surface area contributed by atoms with Gasteiger partial charge in [0.25, 0.3) is 25.8 Å². The van der Waals surface area contributed by atoms with Crippen molar-refractivity contribution in [2.24, 2.45) is 11.3 Å². The lowest BCUT2D eigenvalue weighted by atomic mass is 9.83. The first kappa shape index (κ1) is 57.2. The number of hydrogen-bond donors (Lipinski definition) is 4. The number of phosphoric ester groups is 1. The van der Waals surface area contributed by atoms with Gasteiger partial charge in [0.05, 0.1) is 29.9 Å². The lowest BCUT2D eigenvalue weighted by molar-refractivity contribution is -0.194. The second-order valence-electron chi connectivity index (χ2n) is 19.1. The molecule has 0 saturated carbocycles. The predicted molar refractivity (Wildman–Crippen MR) is 279 cm³/mol. The van der Waals surface area contributed by atoms with Gasteiger partial charge in [0, 0.05) is 71.1 Å². The number of sulfone groups is 1. The molecule has 5 aromatic rings. The molecule has 2 aliphatic heterocycles. The maximum Gasteiger partial charge on any atom is 0.501 e. The number of anilines is 2. The fourth-order valence-electron chi connectivity index (χ4n) is 8.67. The molecule has 3 unspecified atom stereocenters. The van der Waals surface area contributed by atoms with Crippen LogP contribution in [0.2, 0.25) is 5.02 Å². The molecule has 2 heterocycles. The highest BCUT2D eigenvalue weighted by atomic mass is 35.5. The van der Waals surface area contributed by atoms with E-state index in [1.165, 1.54) is 23.9 Å². The van der Waals surface area contributed by atoms with E-state index in [1.54, 1.807) is 45.0 Å². The fraction of sp³-hybridized carbons (Fsp3) is 0.392. The van der Waals surface area contributed by atoms with Gasteiger partial charge in [-0.1, -0.05) is 87.0 Å². The maximum atomic E-state index is 14.3. The number of carbonyl (C=O) groups is 1. The zero-order valence-electron chi connectivity index (χ0n) is 40.8.